The Hall–Kier alpha value is -0.450. The Bertz CT molecular complexity index is 411. The van der Waals surface area contributed by atoms with Gasteiger partial charge in [-0.3, -0.25) is 4.90 Å². The van der Waals surface area contributed by atoms with E-state index in [0.29, 0.717) is 23.0 Å². The van der Waals surface area contributed by atoms with Crippen LogP contribution in [0, 0.1) is 11.7 Å². The van der Waals surface area contributed by atoms with E-state index in [9.17, 15) is 4.39 Å². The topological polar surface area (TPSA) is 29.3 Å². The maximum Gasteiger partial charge on any atom is 0.137 e. The minimum absolute atomic E-state index is 0.209. The summed E-state index contributed by atoms with van der Waals surface area (Å²) in [6.45, 7) is 1.76. The monoisotopic (exact) mass is 314 g/mol. The lowest BCUT2D eigenvalue weighted by molar-refractivity contribution is 0.196. The molecule has 2 nitrogen and oxygen atoms in total. The van der Waals surface area contributed by atoms with Crippen molar-refractivity contribution in [2.45, 2.75) is 25.3 Å². The van der Waals surface area contributed by atoms with E-state index in [4.69, 9.17) is 5.73 Å². The third-order valence-corrected chi connectivity index (χ3v) is 4.45. The van der Waals surface area contributed by atoms with Gasteiger partial charge in [-0.05, 0) is 72.5 Å². The normalized spacial score (nSPS) is 26.0. The van der Waals surface area contributed by atoms with Gasteiger partial charge in [0.1, 0.15) is 5.82 Å². The van der Waals surface area contributed by atoms with Gasteiger partial charge in [-0.2, -0.15) is 0 Å². The van der Waals surface area contributed by atoms with Crippen molar-refractivity contribution in [2.75, 3.05) is 20.1 Å². The summed E-state index contributed by atoms with van der Waals surface area (Å²) in [5.74, 6) is 0.245. The Morgan fingerprint density at radius 1 is 1.44 bits per heavy atom. The highest BCUT2D eigenvalue weighted by molar-refractivity contribution is 9.10. The van der Waals surface area contributed by atoms with Crippen molar-refractivity contribution in [1.82, 2.24) is 4.90 Å². The van der Waals surface area contributed by atoms with E-state index in [0.717, 1.165) is 18.5 Å². The van der Waals surface area contributed by atoms with Crippen LogP contribution in [0.3, 0.4) is 0 Å². The second-order valence-corrected chi connectivity index (χ2v) is 5.94. The van der Waals surface area contributed by atoms with Gasteiger partial charge in [0.05, 0.1) is 4.47 Å². The van der Waals surface area contributed by atoms with Gasteiger partial charge < -0.3 is 5.73 Å². The second kappa shape index (κ2) is 6.13. The fourth-order valence-corrected chi connectivity index (χ4v) is 3.29. The van der Waals surface area contributed by atoms with Crippen molar-refractivity contribution in [2.24, 2.45) is 11.7 Å². The summed E-state index contributed by atoms with van der Waals surface area (Å²) in [6.07, 6.45) is 3.59. The van der Waals surface area contributed by atoms with Gasteiger partial charge in [0, 0.05) is 6.04 Å². The van der Waals surface area contributed by atoms with Crippen molar-refractivity contribution >= 4 is 15.9 Å². The largest absolute Gasteiger partial charge is 0.330 e. The average molecular weight is 315 g/mol. The average Bonchev–Trinajstić information content (AvgIpc) is 2.54. The molecule has 1 aliphatic rings. The molecule has 0 amide bonds. The van der Waals surface area contributed by atoms with Crippen LogP contribution < -0.4 is 5.73 Å². The summed E-state index contributed by atoms with van der Waals surface area (Å²) in [4.78, 5) is 2.35. The quantitative estimate of drug-likeness (QED) is 0.907. The van der Waals surface area contributed by atoms with Crippen molar-refractivity contribution in [3.05, 3.63) is 34.1 Å². The van der Waals surface area contributed by atoms with Gasteiger partial charge in [0.25, 0.3) is 0 Å². The molecule has 1 aliphatic heterocycles. The molecule has 1 fully saturated rings. The van der Waals surface area contributed by atoms with E-state index in [1.165, 1.54) is 18.9 Å². The predicted molar refractivity (Wildman–Crippen MR) is 75.9 cm³/mol. The van der Waals surface area contributed by atoms with Gasteiger partial charge in [0.2, 0.25) is 0 Å². The lowest BCUT2D eigenvalue weighted by Crippen LogP contribution is -2.33. The molecule has 2 rings (SSSR count). The zero-order valence-electron chi connectivity index (χ0n) is 10.7. The van der Waals surface area contributed by atoms with Gasteiger partial charge in [-0.1, -0.05) is 12.5 Å². The van der Waals surface area contributed by atoms with Gasteiger partial charge in [-0.25, -0.2) is 4.39 Å². The standard InChI is InChI=1S/C14H20BrFN2/c1-18-7-3-2-4-11(9-17)14(18)10-5-6-13(16)12(15)8-10/h5-6,8,11,14H,2-4,7,9,17H2,1H3. The molecule has 0 spiro atoms. The molecular weight excluding hydrogens is 295 g/mol. The molecule has 1 aromatic carbocycles. The van der Waals surface area contributed by atoms with Crippen molar-refractivity contribution in [3.63, 3.8) is 0 Å². The summed E-state index contributed by atoms with van der Waals surface area (Å²) in [7, 11) is 2.13. The number of nitrogens with zero attached hydrogens (tertiary/aromatic N) is 1. The van der Waals surface area contributed by atoms with Crippen LogP contribution in [0.1, 0.15) is 30.9 Å². The first-order valence-electron chi connectivity index (χ1n) is 6.48. The summed E-state index contributed by atoms with van der Waals surface area (Å²) in [6, 6.07) is 5.61. The SMILES string of the molecule is CN1CCCCC(CN)C1c1ccc(F)c(Br)c1. The molecule has 1 saturated heterocycles. The molecule has 0 saturated carbocycles. The molecule has 0 radical (unpaired) electrons. The van der Waals surface area contributed by atoms with Crippen LogP contribution in [-0.4, -0.2) is 25.0 Å². The summed E-state index contributed by atoms with van der Waals surface area (Å²) in [5.41, 5.74) is 7.07. The van der Waals surface area contributed by atoms with E-state index in [1.807, 2.05) is 12.1 Å². The molecule has 4 heteroatoms. The van der Waals surface area contributed by atoms with E-state index < -0.39 is 0 Å². The lowest BCUT2D eigenvalue weighted by Gasteiger charge is -2.32. The Balaban J connectivity index is 2.33. The van der Waals surface area contributed by atoms with E-state index >= 15 is 0 Å². The number of likely N-dealkylation sites (tertiary alicyclic amines) is 1. The maximum absolute atomic E-state index is 13.3. The molecule has 18 heavy (non-hydrogen) atoms. The number of halogens is 2. The molecule has 0 aromatic heterocycles. The molecule has 0 bridgehead atoms. The third kappa shape index (κ3) is 2.92. The highest BCUT2D eigenvalue weighted by Gasteiger charge is 2.28. The zero-order valence-corrected chi connectivity index (χ0v) is 12.3. The first-order valence-corrected chi connectivity index (χ1v) is 7.28. The first kappa shape index (κ1) is 14.0. The van der Waals surface area contributed by atoms with E-state index in [-0.39, 0.29) is 5.82 Å². The van der Waals surface area contributed by atoms with Gasteiger partial charge in [-0.15, -0.1) is 0 Å². The van der Waals surface area contributed by atoms with Crippen LogP contribution in [0.5, 0.6) is 0 Å². The van der Waals surface area contributed by atoms with Crippen molar-refractivity contribution in [1.29, 1.82) is 0 Å². The van der Waals surface area contributed by atoms with Crippen LogP contribution in [0.15, 0.2) is 22.7 Å². The fraction of sp³-hybridized carbons (Fsp3) is 0.571. The molecule has 2 N–H and O–H groups in total. The minimum Gasteiger partial charge on any atom is -0.330 e. The van der Waals surface area contributed by atoms with Gasteiger partial charge >= 0.3 is 0 Å². The number of benzene rings is 1. The maximum atomic E-state index is 13.3. The van der Waals surface area contributed by atoms with Crippen LogP contribution in [-0.2, 0) is 0 Å². The van der Waals surface area contributed by atoms with Crippen molar-refractivity contribution in [3.8, 4) is 0 Å². The molecule has 0 aliphatic carbocycles. The highest BCUT2D eigenvalue weighted by Crippen LogP contribution is 2.35. The van der Waals surface area contributed by atoms with Crippen LogP contribution in [0.4, 0.5) is 4.39 Å². The zero-order chi connectivity index (χ0) is 13.1. The molecular formula is C14H20BrFN2. The van der Waals surface area contributed by atoms with E-state index in [2.05, 4.69) is 27.9 Å². The summed E-state index contributed by atoms with van der Waals surface area (Å²) >= 11 is 3.27. The lowest BCUT2D eigenvalue weighted by atomic mass is 9.89. The number of nitrogens with two attached hydrogens (primary N) is 1. The molecule has 1 aromatic rings. The summed E-state index contributed by atoms with van der Waals surface area (Å²) in [5, 5.41) is 0. The van der Waals surface area contributed by atoms with Gasteiger partial charge in [0.15, 0.2) is 0 Å². The van der Waals surface area contributed by atoms with Crippen LogP contribution >= 0.6 is 15.9 Å². The number of rotatable bonds is 2. The highest BCUT2D eigenvalue weighted by atomic mass is 79.9. The Kier molecular flexibility index (Phi) is 4.76. The molecule has 100 valence electrons. The Morgan fingerprint density at radius 2 is 2.22 bits per heavy atom. The fourth-order valence-electron chi connectivity index (χ4n) is 2.89. The first-order chi connectivity index (χ1) is 8.63. The van der Waals surface area contributed by atoms with Crippen LogP contribution in [0.2, 0.25) is 0 Å². The van der Waals surface area contributed by atoms with E-state index in [1.54, 1.807) is 0 Å². The predicted octanol–water partition coefficient (Wildman–Crippen LogP) is 3.32. The smallest absolute Gasteiger partial charge is 0.137 e. The molecule has 1 heterocycles. The number of hydrogen-bond acceptors (Lipinski definition) is 2. The van der Waals surface area contributed by atoms with Crippen LogP contribution in [0.25, 0.3) is 0 Å². The number of hydrogen-bond donors (Lipinski definition) is 1. The Morgan fingerprint density at radius 3 is 2.89 bits per heavy atom. The molecule has 2 atom stereocenters. The third-order valence-electron chi connectivity index (χ3n) is 3.85. The Labute approximate surface area is 116 Å². The minimum atomic E-state index is -0.209. The molecule has 2 unspecified atom stereocenters. The summed E-state index contributed by atoms with van der Waals surface area (Å²) < 4.78 is 13.9. The second-order valence-electron chi connectivity index (χ2n) is 5.09. The van der Waals surface area contributed by atoms with Crippen molar-refractivity contribution < 1.29 is 4.39 Å².